The molecule has 1 aromatic heterocycles. The lowest BCUT2D eigenvalue weighted by atomic mass is 10.2. The maximum absolute atomic E-state index is 11.7. The number of pyridine rings is 1. The number of anilines is 2. The molecule has 1 aliphatic rings. The molecule has 1 saturated heterocycles. The molecule has 110 valence electrons. The van der Waals surface area contributed by atoms with Crippen LogP contribution in [0.1, 0.15) is 13.8 Å². The zero-order valence-electron chi connectivity index (χ0n) is 12.1. The summed E-state index contributed by atoms with van der Waals surface area (Å²) < 4.78 is 5.06. The summed E-state index contributed by atoms with van der Waals surface area (Å²) in [5.41, 5.74) is 6.64. The van der Waals surface area contributed by atoms with Gasteiger partial charge in [-0.05, 0) is 26.0 Å². The van der Waals surface area contributed by atoms with E-state index in [1.54, 1.807) is 6.20 Å². The van der Waals surface area contributed by atoms with Crippen LogP contribution in [0.5, 0.6) is 0 Å². The Kier molecular flexibility index (Phi) is 4.79. The Morgan fingerprint density at radius 3 is 2.75 bits per heavy atom. The third-order valence-corrected chi connectivity index (χ3v) is 3.61. The number of nitrogen functional groups attached to an aromatic ring is 1. The first-order valence-corrected chi connectivity index (χ1v) is 6.99. The minimum Gasteiger partial charge on any atom is -0.465 e. The summed E-state index contributed by atoms with van der Waals surface area (Å²) in [5, 5.41) is 0. The van der Waals surface area contributed by atoms with Crippen LogP contribution in [-0.4, -0.2) is 54.7 Å². The zero-order chi connectivity index (χ0) is 14.5. The topological polar surface area (TPSA) is 71.7 Å². The van der Waals surface area contributed by atoms with Crippen molar-refractivity contribution in [2.45, 2.75) is 19.9 Å². The summed E-state index contributed by atoms with van der Waals surface area (Å²) in [4.78, 5) is 20.4. The quantitative estimate of drug-likeness (QED) is 0.819. The second kappa shape index (κ2) is 6.56. The first kappa shape index (κ1) is 14.6. The van der Waals surface area contributed by atoms with Crippen LogP contribution in [-0.2, 0) is 9.53 Å². The molecule has 0 amide bonds. The van der Waals surface area contributed by atoms with Gasteiger partial charge >= 0.3 is 5.97 Å². The Morgan fingerprint density at radius 2 is 2.15 bits per heavy atom. The fraction of sp³-hybridized carbons (Fsp3) is 0.571. The van der Waals surface area contributed by atoms with E-state index in [9.17, 15) is 4.79 Å². The van der Waals surface area contributed by atoms with Crippen LogP contribution in [0.4, 0.5) is 11.5 Å². The first-order valence-electron chi connectivity index (χ1n) is 6.99. The lowest BCUT2D eigenvalue weighted by molar-refractivity contribution is -0.149. The van der Waals surface area contributed by atoms with Crippen molar-refractivity contribution in [3.63, 3.8) is 0 Å². The third-order valence-electron chi connectivity index (χ3n) is 3.61. The van der Waals surface area contributed by atoms with Gasteiger partial charge in [0.25, 0.3) is 0 Å². The molecule has 0 spiro atoms. The number of carbonyl (C=O) groups is 1. The summed E-state index contributed by atoms with van der Waals surface area (Å²) in [6.07, 6.45) is 1.75. The molecule has 0 saturated carbocycles. The van der Waals surface area contributed by atoms with Gasteiger partial charge in [-0.2, -0.15) is 0 Å². The van der Waals surface area contributed by atoms with E-state index in [-0.39, 0.29) is 12.0 Å². The average Bonchev–Trinajstić information content (AvgIpc) is 2.47. The molecule has 1 unspecified atom stereocenters. The average molecular weight is 278 g/mol. The molecule has 1 atom stereocenters. The highest BCUT2D eigenvalue weighted by molar-refractivity contribution is 5.75. The highest BCUT2D eigenvalue weighted by Crippen LogP contribution is 2.21. The Morgan fingerprint density at radius 1 is 1.45 bits per heavy atom. The second-order valence-electron chi connectivity index (χ2n) is 4.87. The first-order chi connectivity index (χ1) is 9.63. The Bertz CT molecular complexity index is 458. The molecule has 2 rings (SSSR count). The van der Waals surface area contributed by atoms with Crippen molar-refractivity contribution in [2.24, 2.45) is 0 Å². The van der Waals surface area contributed by atoms with Crippen molar-refractivity contribution >= 4 is 17.5 Å². The SMILES string of the molecule is CCOC(=O)C(C)N1CCN(c2ncccc2N)CC1. The van der Waals surface area contributed by atoms with E-state index in [1.807, 2.05) is 26.0 Å². The zero-order valence-corrected chi connectivity index (χ0v) is 12.1. The minimum atomic E-state index is -0.196. The molecule has 2 N–H and O–H groups in total. The fourth-order valence-corrected chi connectivity index (χ4v) is 2.41. The van der Waals surface area contributed by atoms with Crippen molar-refractivity contribution in [1.29, 1.82) is 0 Å². The van der Waals surface area contributed by atoms with Gasteiger partial charge < -0.3 is 15.4 Å². The number of nitrogens with zero attached hydrogens (tertiary/aromatic N) is 3. The number of aromatic nitrogens is 1. The van der Waals surface area contributed by atoms with Gasteiger partial charge in [-0.25, -0.2) is 4.98 Å². The van der Waals surface area contributed by atoms with Crippen LogP contribution in [0.3, 0.4) is 0 Å². The highest BCUT2D eigenvalue weighted by atomic mass is 16.5. The smallest absolute Gasteiger partial charge is 0.323 e. The third kappa shape index (κ3) is 3.19. The standard InChI is InChI=1S/C14H22N4O2/c1-3-20-14(19)11(2)17-7-9-18(10-8-17)13-12(15)5-4-6-16-13/h4-6,11H,3,7-10,15H2,1-2H3. The summed E-state index contributed by atoms with van der Waals surface area (Å²) in [7, 11) is 0. The number of esters is 1. The van der Waals surface area contributed by atoms with Gasteiger partial charge in [-0.1, -0.05) is 0 Å². The number of hydrogen-bond acceptors (Lipinski definition) is 6. The number of ether oxygens (including phenoxy) is 1. The number of carbonyl (C=O) groups excluding carboxylic acids is 1. The molecule has 1 fully saturated rings. The molecular formula is C14H22N4O2. The molecule has 2 heterocycles. The van der Waals surface area contributed by atoms with Gasteiger partial charge in [0.15, 0.2) is 5.82 Å². The van der Waals surface area contributed by atoms with Gasteiger partial charge in [0, 0.05) is 32.4 Å². The van der Waals surface area contributed by atoms with Gasteiger partial charge in [-0.3, -0.25) is 9.69 Å². The van der Waals surface area contributed by atoms with E-state index < -0.39 is 0 Å². The largest absolute Gasteiger partial charge is 0.465 e. The van der Waals surface area contributed by atoms with Crippen LogP contribution < -0.4 is 10.6 Å². The summed E-state index contributed by atoms with van der Waals surface area (Å²) in [6.45, 7) is 7.37. The number of piperazine rings is 1. The monoisotopic (exact) mass is 278 g/mol. The van der Waals surface area contributed by atoms with Crippen LogP contribution in [0.25, 0.3) is 0 Å². The van der Waals surface area contributed by atoms with Crippen molar-refractivity contribution < 1.29 is 9.53 Å². The van der Waals surface area contributed by atoms with E-state index >= 15 is 0 Å². The molecule has 0 aliphatic carbocycles. The van der Waals surface area contributed by atoms with Crippen molar-refractivity contribution in [3.05, 3.63) is 18.3 Å². The molecule has 1 aromatic rings. The second-order valence-corrected chi connectivity index (χ2v) is 4.87. The van der Waals surface area contributed by atoms with E-state index in [1.165, 1.54) is 0 Å². The van der Waals surface area contributed by atoms with Gasteiger partial charge in [-0.15, -0.1) is 0 Å². The highest BCUT2D eigenvalue weighted by Gasteiger charge is 2.27. The van der Waals surface area contributed by atoms with Crippen molar-refractivity contribution in [2.75, 3.05) is 43.4 Å². The van der Waals surface area contributed by atoms with Crippen LogP contribution >= 0.6 is 0 Å². The Hall–Kier alpha value is -1.82. The minimum absolute atomic E-state index is 0.154. The molecule has 6 nitrogen and oxygen atoms in total. The fourth-order valence-electron chi connectivity index (χ4n) is 2.41. The molecule has 0 aromatic carbocycles. The van der Waals surface area contributed by atoms with Crippen LogP contribution in [0, 0.1) is 0 Å². The van der Waals surface area contributed by atoms with Crippen molar-refractivity contribution in [3.8, 4) is 0 Å². The van der Waals surface area contributed by atoms with E-state index in [2.05, 4.69) is 14.8 Å². The molecule has 1 aliphatic heterocycles. The van der Waals surface area contributed by atoms with Crippen LogP contribution in [0.2, 0.25) is 0 Å². The maximum Gasteiger partial charge on any atom is 0.323 e. The predicted molar refractivity (Wildman–Crippen MR) is 78.5 cm³/mol. The van der Waals surface area contributed by atoms with E-state index in [0.717, 1.165) is 32.0 Å². The number of hydrogen-bond donors (Lipinski definition) is 1. The Labute approximate surface area is 119 Å². The molecule has 0 radical (unpaired) electrons. The molecular weight excluding hydrogens is 256 g/mol. The molecule has 20 heavy (non-hydrogen) atoms. The summed E-state index contributed by atoms with van der Waals surface area (Å²) in [5.74, 6) is 0.675. The van der Waals surface area contributed by atoms with Crippen molar-refractivity contribution in [1.82, 2.24) is 9.88 Å². The van der Waals surface area contributed by atoms with Gasteiger partial charge in [0.2, 0.25) is 0 Å². The number of rotatable bonds is 4. The molecule has 6 heteroatoms. The van der Waals surface area contributed by atoms with Crippen LogP contribution in [0.15, 0.2) is 18.3 Å². The maximum atomic E-state index is 11.7. The van der Waals surface area contributed by atoms with Gasteiger partial charge in [0.1, 0.15) is 6.04 Å². The normalized spacial score (nSPS) is 17.8. The number of nitrogens with two attached hydrogens (primary N) is 1. The van der Waals surface area contributed by atoms with E-state index in [0.29, 0.717) is 12.3 Å². The van der Waals surface area contributed by atoms with Gasteiger partial charge in [0.05, 0.1) is 12.3 Å². The lowest BCUT2D eigenvalue weighted by Crippen LogP contribution is -2.52. The summed E-state index contributed by atoms with van der Waals surface area (Å²) in [6, 6.07) is 3.49. The Balaban J connectivity index is 1.92. The summed E-state index contributed by atoms with van der Waals surface area (Å²) >= 11 is 0. The van der Waals surface area contributed by atoms with E-state index in [4.69, 9.17) is 10.5 Å². The lowest BCUT2D eigenvalue weighted by Gasteiger charge is -2.37. The predicted octanol–water partition coefficient (Wildman–Crippen LogP) is 0.737. The molecule has 0 bridgehead atoms.